The summed E-state index contributed by atoms with van der Waals surface area (Å²) in [4.78, 5) is 13.9. The fourth-order valence-electron chi connectivity index (χ4n) is 2.34. The first-order valence-corrected chi connectivity index (χ1v) is 7.21. The van der Waals surface area contributed by atoms with Crippen LogP contribution in [0, 0.1) is 5.41 Å². The van der Waals surface area contributed by atoms with Crippen LogP contribution in [0.3, 0.4) is 0 Å². The van der Waals surface area contributed by atoms with Crippen molar-refractivity contribution >= 4 is 5.97 Å². The minimum Gasteiger partial charge on any atom is -0.466 e. The number of nitrogens with two attached hydrogens (primary N) is 1. The van der Waals surface area contributed by atoms with E-state index < -0.39 is 17.4 Å². The Bertz CT molecular complexity index is 320. The van der Waals surface area contributed by atoms with E-state index >= 15 is 0 Å². The lowest BCUT2D eigenvalue weighted by molar-refractivity contribution is -0.246. The highest BCUT2D eigenvalue weighted by Crippen LogP contribution is 2.33. The van der Waals surface area contributed by atoms with E-state index in [-0.39, 0.29) is 12.5 Å². The van der Waals surface area contributed by atoms with E-state index in [1.54, 1.807) is 6.92 Å². The number of esters is 1. The van der Waals surface area contributed by atoms with E-state index in [1.165, 1.54) is 0 Å². The Labute approximate surface area is 121 Å². The van der Waals surface area contributed by atoms with E-state index in [4.69, 9.17) is 15.2 Å². The number of carbonyl (C=O) groups excluding carboxylic acids is 1. The molecule has 0 bridgehead atoms. The quantitative estimate of drug-likeness (QED) is 0.571. The molecule has 1 fully saturated rings. The van der Waals surface area contributed by atoms with Crippen LogP contribution in [0.1, 0.15) is 40.5 Å². The van der Waals surface area contributed by atoms with Gasteiger partial charge in [-0.25, -0.2) is 0 Å². The van der Waals surface area contributed by atoms with E-state index in [0.29, 0.717) is 32.5 Å². The molecule has 1 atom stereocenters. The Hall–Kier alpha value is -0.690. The number of hydrogen-bond acceptors (Lipinski definition) is 6. The monoisotopic (exact) mass is 288 g/mol. The second-order valence-electron chi connectivity index (χ2n) is 6.30. The van der Waals surface area contributed by atoms with Crippen molar-refractivity contribution in [2.75, 3.05) is 26.2 Å². The molecule has 0 aromatic heterocycles. The first-order chi connectivity index (χ1) is 9.24. The number of likely N-dealkylation sites (tertiary alicyclic amines) is 1. The zero-order valence-electron chi connectivity index (χ0n) is 13.0. The third kappa shape index (κ3) is 4.41. The number of aliphatic hydroxyl groups excluding tert-OH is 1. The molecule has 0 aliphatic carbocycles. The number of hydrogen-bond donors (Lipinski definition) is 2. The van der Waals surface area contributed by atoms with Gasteiger partial charge in [0.05, 0.1) is 17.6 Å². The van der Waals surface area contributed by atoms with Crippen molar-refractivity contribution in [1.29, 1.82) is 0 Å². The Morgan fingerprint density at radius 2 is 1.95 bits per heavy atom. The summed E-state index contributed by atoms with van der Waals surface area (Å²) in [6, 6.07) is 0. The van der Waals surface area contributed by atoms with Crippen LogP contribution in [-0.4, -0.2) is 54.2 Å². The first-order valence-electron chi connectivity index (χ1n) is 7.21. The molecule has 0 aromatic carbocycles. The third-order valence-corrected chi connectivity index (χ3v) is 3.63. The highest BCUT2D eigenvalue weighted by molar-refractivity contribution is 5.77. The minimum absolute atomic E-state index is 0.228. The van der Waals surface area contributed by atoms with Gasteiger partial charge in [-0.2, -0.15) is 0 Å². The predicted octanol–water partition coefficient (Wildman–Crippen LogP) is 0.681. The van der Waals surface area contributed by atoms with Crippen LogP contribution in [-0.2, 0) is 14.3 Å². The number of nitrogens with zero attached hydrogens (tertiary/aromatic N) is 1. The van der Waals surface area contributed by atoms with Crippen LogP contribution in [0.25, 0.3) is 0 Å². The summed E-state index contributed by atoms with van der Waals surface area (Å²) in [5.41, 5.74) is 4.75. The zero-order chi connectivity index (χ0) is 15.4. The normalized spacial score (nSPS) is 21.5. The highest BCUT2D eigenvalue weighted by atomic mass is 16.6. The highest BCUT2D eigenvalue weighted by Gasteiger charge is 2.43. The number of carbonyl (C=O) groups is 1. The van der Waals surface area contributed by atoms with Gasteiger partial charge in [0.25, 0.3) is 0 Å². The molecule has 3 N–H and O–H groups in total. The summed E-state index contributed by atoms with van der Waals surface area (Å²) in [5.74, 6) is -0.228. The smallest absolute Gasteiger partial charge is 0.313 e. The molecule has 1 heterocycles. The molecule has 1 aliphatic rings. The zero-order valence-corrected chi connectivity index (χ0v) is 13.0. The molecule has 6 nitrogen and oxygen atoms in total. The number of rotatable bonds is 5. The average Bonchev–Trinajstić information content (AvgIpc) is 2.37. The molecule has 20 heavy (non-hydrogen) atoms. The predicted molar refractivity (Wildman–Crippen MR) is 75.8 cm³/mol. The lowest BCUT2D eigenvalue weighted by atomic mass is 9.78. The molecule has 1 rings (SSSR count). The second-order valence-corrected chi connectivity index (χ2v) is 6.30. The molecule has 118 valence electrons. The van der Waals surface area contributed by atoms with Crippen molar-refractivity contribution in [3.63, 3.8) is 0 Å². The van der Waals surface area contributed by atoms with Crippen molar-refractivity contribution in [3.05, 3.63) is 0 Å². The molecule has 0 spiro atoms. The van der Waals surface area contributed by atoms with Crippen LogP contribution in [0.5, 0.6) is 0 Å². The molecular formula is C14H28N2O4. The van der Waals surface area contributed by atoms with Gasteiger partial charge < -0.3 is 20.3 Å². The molecule has 0 amide bonds. The lowest BCUT2D eigenvalue weighted by Crippen LogP contribution is -2.53. The fourth-order valence-corrected chi connectivity index (χ4v) is 2.34. The summed E-state index contributed by atoms with van der Waals surface area (Å²) < 4.78 is 10.6. The van der Waals surface area contributed by atoms with Gasteiger partial charge in [0.1, 0.15) is 0 Å². The van der Waals surface area contributed by atoms with E-state index in [0.717, 1.165) is 0 Å². The summed E-state index contributed by atoms with van der Waals surface area (Å²) in [6.45, 7) is 9.23. The summed E-state index contributed by atoms with van der Waals surface area (Å²) in [5, 5.41) is 10.1. The molecule has 1 saturated heterocycles. The van der Waals surface area contributed by atoms with Crippen molar-refractivity contribution in [3.8, 4) is 0 Å². The summed E-state index contributed by atoms with van der Waals surface area (Å²) in [7, 11) is 0. The van der Waals surface area contributed by atoms with Gasteiger partial charge in [-0.15, -0.1) is 0 Å². The largest absolute Gasteiger partial charge is 0.466 e. The maximum absolute atomic E-state index is 12.0. The second kappa shape index (κ2) is 6.85. The van der Waals surface area contributed by atoms with Gasteiger partial charge in [-0.05, 0) is 40.5 Å². The molecule has 0 radical (unpaired) electrons. The van der Waals surface area contributed by atoms with Gasteiger partial charge in [0.2, 0.25) is 6.41 Å². The fraction of sp³-hybridized carbons (Fsp3) is 0.929. The number of piperidine rings is 1. The van der Waals surface area contributed by atoms with E-state index in [9.17, 15) is 9.90 Å². The van der Waals surface area contributed by atoms with Crippen molar-refractivity contribution in [1.82, 2.24) is 4.90 Å². The maximum atomic E-state index is 12.0. The minimum atomic E-state index is -0.951. The van der Waals surface area contributed by atoms with Gasteiger partial charge in [-0.3, -0.25) is 9.69 Å². The molecule has 6 heteroatoms. The van der Waals surface area contributed by atoms with Crippen LogP contribution in [0.2, 0.25) is 0 Å². The lowest BCUT2D eigenvalue weighted by Gasteiger charge is -2.41. The summed E-state index contributed by atoms with van der Waals surface area (Å²) >= 11 is 0. The van der Waals surface area contributed by atoms with Gasteiger partial charge in [0, 0.05) is 19.6 Å². The summed E-state index contributed by atoms with van der Waals surface area (Å²) in [6.07, 6.45) is 0.202. The topological polar surface area (TPSA) is 85.0 Å². The Kier molecular flexibility index (Phi) is 5.94. The van der Waals surface area contributed by atoms with E-state index in [1.807, 2.05) is 25.7 Å². The molecule has 0 aromatic rings. The number of ether oxygens (including phenoxy) is 2. The average molecular weight is 288 g/mol. The van der Waals surface area contributed by atoms with Crippen LogP contribution >= 0.6 is 0 Å². The van der Waals surface area contributed by atoms with Crippen LogP contribution in [0.4, 0.5) is 0 Å². The van der Waals surface area contributed by atoms with Gasteiger partial charge in [-0.1, -0.05) is 0 Å². The van der Waals surface area contributed by atoms with Crippen LogP contribution < -0.4 is 5.73 Å². The Morgan fingerprint density at radius 1 is 1.40 bits per heavy atom. The molecule has 0 saturated carbocycles. The van der Waals surface area contributed by atoms with Gasteiger partial charge in [0.15, 0.2) is 0 Å². The molecule has 1 unspecified atom stereocenters. The number of aliphatic hydroxyl groups is 1. The third-order valence-electron chi connectivity index (χ3n) is 3.63. The standard InChI is InChI=1S/C14H28N2O4/c1-5-19-11(17)14(10-15)6-8-16(9-7-14)12(18)20-13(2,3)4/h12,18H,5-10,15H2,1-4H3. The van der Waals surface area contributed by atoms with Crippen molar-refractivity contribution in [2.24, 2.45) is 11.1 Å². The van der Waals surface area contributed by atoms with E-state index in [2.05, 4.69) is 0 Å². The SMILES string of the molecule is CCOC(=O)C1(CN)CCN(C(O)OC(C)(C)C)CC1. The Balaban J connectivity index is 2.59. The first kappa shape index (κ1) is 17.4. The van der Waals surface area contributed by atoms with Crippen LogP contribution in [0.15, 0.2) is 0 Å². The molecular weight excluding hydrogens is 260 g/mol. The maximum Gasteiger partial charge on any atom is 0.313 e. The molecule has 1 aliphatic heterocycles. The van der Waals surface area contributed by atoms with Crippen molar-refractivity contribution in [2.45, 2.75) is 52.6 Å². The Morgan fingerprint density at radius 3 is 2.35 bits per heavy atom. The van der Waals surface area contributed by atoms with Gasteiger partial charge >= 0.3 is 5.97 Å². The van der Waals surface area contributed by atoms with Crippen molar-refractivity contribution < 1.29 is 19.4 Å².